The molecule has 0 atom stereocenters. The summed E-state index contributed by atoms with van der Waals surface area (Å²) < 4.78 is 5.09. The van der Waals surface area contributed by atoms with E-state index in [1.165, 1.54) is 12.2 Å². The largest absolute Gasteiger partial charge is 0.481 e. The van der Waals surface area contributed by atoms with Gasteiger partial charge in [0.1, 0.15) is 0 Å². The van der Waals surface area contributed by atoms with E-state index in [0.717, 1.165) is 4.90 Å². The van der Waals surface area contributed by atoms with Gasteiger partial charge in [-0.25, -0.2) is 0 Å². The second kappa shape index (κ2) is 8.11. The summed E-state index contributed by atoms with van der Waals surface area (Å²) in [6, 6.07) is 0. The van der Waals surface area contributed by atoms with E-state index < -0.39 is 5.97 Å². The van der Waals surface area contributed by atoms with Gasteiger partial charge < -0.3 is 15.2 Å². The number of ether oxygens (including phenoxy) is 1. The van der Waals surface area contributed by atoms with Gasteiger partial charge in [-0.1, -0.05) is 6.58 Å². The molecular weight excluding hydrogens is 264 g/mol. The first-order chi connectivity index (χ1) is 9.50. The Labute approximate surface area is 116 Å². The van der Waals surface area contributed by atoms with Crippen molar-refractivity contribution in [3.8, 4) is 0 Å². The molecule has 110 valence electrons. The van der Waals surface area contributed by atoms with Crippen LogP contribution in [0.2, 0.25) is 0 Å². The topological polar surface area (TPSA) is 95.9 Å². The first kappa shape index (κ1) is 15.9. The van der Waals surface area contributed by atoms with Crippen molar-refractivity contribution in [1.29, 1.82) is 0 Å². The molecule has 0 aromatic carbocycles. The molecule has 1 aliphatic heterocycles. The number of carboxylic acid groups (broad SMARTS) is 1. The maximum atomic E-state index is 11.3. The number of carbonyl (C=O) groups excluding carboxylic acids is 2. The first-order valence-electron chi connectivity index (χ1n) is 6.25. The molecule has 0 bridgehead atoms. The third kappa shape index (κ3) is 5.66. The molecule has 7 nitrogen and oxygen atoms in total. The van der Waals surface area contributed by atoms with Crippen molar-refractivity contribution in [2.24, 2.45) is 0 Å². The van der Waals surface area contributed by atoms with Crippen molar-refractivity contribution >= 4 is 17.8 Å². The Hall–Kier alpha value is -2.15. The highest BCUT2D eigenvalue weighted by atomic mass is 16.5. The average Bonchev–Trinajstić information content (AvgIpc) is 2.70. The summed E-state index contributed by atoms with van der Waals surface area (Å²) in [5, 5.41) is 11.4. The molecule has 0 radical (unpaired) electrons. The van der Waals surface area contributed by atoms with Gasteiger partial charge in [0.15, 0.2) is 0 Å². The van der Waals surface area contributed by atoms with Crippen molar-refractivity contribution in [3.05, 3.63) is 24.4 Å². The van der Waals surface area contributed by atoms with Crippen LogP contribution in [0.3, 0.4) is 0 Å². The summed E-state index contributed by atoms with van der Waals surface area (Å²) in [6.07, 6.45) is 2.94. The third-order valence-electron chi connectivity index (χ3n) is 2.62. The van der Waals surface area contributed by atoms with E-state index in [-0.39, 0.29) is 31.4 Å². The maximum Gasteiger partial charge on any atom is 0.305 e. The van der Waals surface area contributed by atoms with E-state index in [0.29, 0.717) is 25.3 Å². The van der Waals surface area contributed by atoms with Gasteiger partial charge in [0.25, 0.3) is 11.8 Å². The standard InChI is InChI=1S/C13H18N2O5/c1-10(14-6-9-20-8-5-13(18)19)4-7-15-11(16)2-3-12(15)17/h2-3,14H,1,4-9H2,(H,18,19). The van der Waals surface area contributed by atoms with Crippen LogP contribution in [-0.4, -0.2) is 54.1 Å². The van der Waals surface area contributed by atoms with Crippen molar-refractivity contribution in [2.75, 3.05) is 26.3 Å². The van der Waals surface area contributed by atoms with Crippen LogP contribution in [0.25, 0.3) is 0 Å². The molecule has 0 aromatic rings. The van der Waals surface area contributed by atoms with Crippen LogP contribution in [0, 0.1) is 0 Å². The number of hydrogen-bond acceptors (Lipinski definition) is 5. The summed E-state index contributed by atoms with van der Waals surface area (Å²) in [6.45, 7) is 5.11. The Morgan fingerprint density at radius 2 is 1.90 bits per heavy atom. The Bertz CT molecular complexity index is 412. The number of hydrogen-bond donors (Lipinski definition) is 2. The summed E-state index contributed by atoms with van der Waals surface area (Å²) in [5.41, 5.74) is 0.694. The lowest BCUT2D eigenvalue weighted by atomic mass is 10.3. The Balaban J connectivity index is 2.05. The number of nitrogens with zero attached hydrogens (tertiary/aromatic N) is 1. The van der Waals surface area contributed by atoms with E-state index in [1.807, 2.05) is 0 Å². The number of amides is 2. The molecule has 1 heterocycles. The van der Waals surface area contributed by atoms with Crippen LogP contribution >= 0.6 is 0 Å². The molecule has 0 unspecified atom stereocenters. The number of carboxylic acids is 1. The molecule has 7 heteroatoms. The third-order valence-corrected chi connectivity index (χ3v) is 2.62. The summed E-state index contributed by atoms with van der Waals surface area (Å²) >= 11 is 0. The van der Waals surface area contributed by atoms with Crippen LogP contribution < -0.4 is 5.32 Å². The average molecular weight is 282 g/mol. The quantitative estimate of drug-likeness (QED) is 0.429. The summed E-state index contributed by atoms with van der Waals surface area (Å²) in [4.78, 5) is 33.9. The van der Waals surface area contributed by atoms with Crippen LogP contribution in [0.4, 0.5) is 0 Å². The van der Waals surface area contributed by atoms with E-state index in [9.17, 15) is 14.4 Å². The predicted molar refractivity (Wildman–Crippen MR) is 70.7 cm³/mol. The Kier molecular flexibility index (Phi) is 6.45. The van der Waals surface area contributed by atoms with E-state index in [1.54, 1.807) is 0 Å². The zero-order valence-electron chi connectivity index (χ0n) is 11.1. The van der Waals surface area contributed by atoms with Gasteiger partial charge in [-0.3, -0.25) is 19.3 Å². The van der Waals surface area contributed by atoms with Crippen LogP contribution in [0.1, 0.15) is 12.8 Å². The fourth-order valence-electron chi connectivity index (χ4n) is 1.55. The van der Waals surface area contributed by atoms with Gasteiger partial charge in [0, 0.05) is 37.4 Å². The molecule has 0 saturated carbocycles. The SMILES string of the molecule is C=C(CCN1C(=O)C=CC1=O)NCCOCCC(=O)O. The number of carbonyl (C=O) groups is 3. The second-order valence-electron chi connectivity index (χ2n) is 4.20. The van der Waals surface area contributed by atoms with Crippen molar-refractivity contribution < 1.29 is 24.2 Å². The molecule has 0 saturated heterocycles. The molecule has 0 aromatic heterocycles. The number of nitrogens with one attached hydrogen (secondary N) is 1. The van der Waals surface area contributed by atoms with Crippen LogP contribution in [-0.2, 0) is 19.1 Å². The lowest BCUT2D eigenvalue weighted by molar-refractivity contribution is -0.139. The highest BCUT2D eigenvalue weighted by molar-refractivity contribution is 6.12. The van der Waals surface area contributed by atoms with E-state index >= 15 is 0 Å². The fraction of sp³-hybridized carbons (Fsp3) is 0.462. The molecule has 1 rings (SSSR count). The molecule has 2 N–H and O–H groups in total. The number of imide groups is 1. The van der Waals surface area contributed by atoms with Gasteiger partial charge in [-0.15, -0.1) is 0 Å². The summed E-state index contributed by atoms with van der Waals surface area (Å²) in [7, 11) is 0. The zero-order chi connectivity index (χ0) is 15.0. The fourth-order valence-corrected chi connectivity index (χ4v) is 1.55. The minimum atomic E-state index is -0.893. The molecule has 0 spiro atoms. The first-order valence-corrected chi connectivity index (χ1v) is 6.25. The molecule has 0 fully saturated rings. The monoisotopic (exact) mass is 282 g/mol. The smallest absolute Gasteiger partial charge is 0.305 e. The number of aliphatic carboxylic acids is 1. The molecule has 2 amide bonds. The minimum absolute atomic E-state index is 0.0207. The van der Waals surface area contributed by atoms with E-state index in [2.05, 4.69) is 11.9 Å². The molecule has 1 aliphatic rings. The van der Waals surface area contributed by atoms with Gasteiger partial charge >= 0.3 is 5.97 Å². The van der Waals surface area contributed by atoms with Crippen molar-refractivity contribution in [1.82, 2.24) is 10.2 Å². The predicted octanol–water partition coefficient (Wildman–Crippen LogP) is -0.104. The van der Waals surface area contributed by atoms with E-state index in [4.69, 9.17) is 9.84 Å². The van der Waals surface area contributed by atoms with Gasteiger partial charge in [0.05, 0.1) is 19.6 Å². The lowest BCUT2D eigenvalue weighted by Crippen LogP contribution is -2.32. The van der Waals surface area contributed by atoms with Gasteiger partial charge in [-0.2, -0.15) is 0 Å². The van der Waals surface area contributed by atoms with Crippen molar-refractivity contribution in [3.63, 3.8) is 0 Å². The highest BCUT2D eigenvalue weighted by Gasteiger charge is 2.22. The van der Waals surface area contributed by atoms with Crippen LogP contribution in [0.15, 0.2) is 24.4 Å². The van der Waals surface area contributed by atoms with Gasteiger partial charge in [0.2, 0.25) is 0 Å². The minimum Gasteiger partial charge on any atom is -0.481 e. The summed E-state index contributed by atoms with van der Waals surface area (Å²) in [5.74, 6) is -1.50. The van der Waals surface area contributed by atoms with Crippen LogP contribution in [0.5, 0.6) is 0 Å². The highest BCUT2D eigenvalue weighted by Crippen LogP contribution is 2.06. The Morgan fingerprint density at radius 3 is 2.50 bits per heavy atom. The second-order valence-corrected chi connectivity index (χ2v) is 4.20. The Morgan fingerprint density at radius 1 is 1.25 bits per heavy atom. The normalized spacial score (nSPS) is 13.9. The lowest BCUT2D eigenvalue weighted by Gasteiger charge is -2.15. The maximum absolute atomic E-state index is 11.3. The molecule has 0 aliphatic carbocycles. The molecular formula is C13H18N2O5. The number of rotatable bonds is 10. The van der Waals surface area contributed by atoms with Gasteiger partial charge in [-0.05, 0) is 0 Å². The molecule has 20 heavy (non-hydrogen) atoms. The zero-order valence-corrected chi connectivity index (χ0v) is 11.1. The van der Waals surface area contributed by atoms with Crippen molar-refractivity contribution in [2.45, 2.75) is 12.8 Å².